The first-order valence-electron chi connectivity index (χ1n) is 9.90. The lowest BCUT2D eigenvalue weighted by atomic mass is 10.2. The minimum Gasteiger partial charge on any atom is -0.491 e. The fraction of sp³-hybridized carbons (Fsp3) is 0.591. The Kier molecular flexibility index (Phi) is 12.0. The summed E-state index contributed by atoms with van der Waals surface area (Å²) in [6.07, 6.45) is 5.60. The Morgan fingerprint density at radius 1 is 0.964 bits per heavy atom. The van der Waals surface area contributed by atoms with Gasteiger partial charge in [-0.25, -0.2) is 4.79 Å². The molecule has 1 N–H and O–H groups in total. The summed E-state index contributed by atoms with van der Waals surface area (Å²) in [5.74, 6) is 0.723. The van der Waals surface area contributed by atoms with E-state index in [9.17, 15) is 4.79 Å². The molecular formula is C22H35NO5. The number of rotatable bonds is 14. The number of nitrogens with one attached hydrogen (secondary N) is 1. The second kappa shape index (κ2) is 14.0. The van der Waals surface area contributed by atoms with Crippen LogP contribution in [0.1, 0.15) is 46.5 Å². The molecule has 1 rings (SSSR count). The van der Waals surface area contributed by atoms with Gasteiger partial charge in [0.25, 0.3) is 0 Å². The van der Waals surface area contributed by atoms with E-state index in [0.29, 0.717) is 25.5 Å². The number of allylic oxidation sites excluding steroid dienone is 1. The van der Waals surface area contributed by atoms with E-state index in [4.69, 9.17) is 18.9 Å². The van der Waals surface area contributed by atoms with Gasteiger partial charge < -0.3 is 18.9 Å². The van der Waals surface area contributed by atoms with E-state index in [1.165, 1.54) is 0 Å². The van der Waals surface area contributed by atoms with E-state index in [0.717, 1.165) is 44.6 Å². The second-order valence-electron chi connectivity index (χ2n) is 7.36. The fourth-order valence-corrected chi connectivity index (χ4v) is 2.23. The maximum absolute atomic E-state index is 11.7. The highest BCUT2D eigenvalue weighted by Gasteiger charge is 2.16. The van der Waals surface area contributed by atoms with Crippen LogP contribution < -0.4 is 10.1 Å². The van der Waals surface area contributed by atoms with Crippen LogP contribution >= 0.6 is 0 Å². The molecule has 6 heteroatoms. The molecule has 0 fully saturated rings. The summed E-state index contributed by atoms with van der Waals surface area (Å²) in [5.41, 5.74) is 0.132. The first kappa shape index (κ1) is 24.0. The number of hydrogen-bond donors (Lipinski definition) is 1. The second-order valence-corrected chi connectivity index (χ2v) is 7.36. The van der Waals surface area contributed by atoms with Crippen molar-refractivity contribution in [2.24, 2.45) is 0 Å². The van der Waals surface area contributed by atoms with E-state index >= 15 is 0 Å². The maximum Gasteiger partial charge on any atom is 0.412 e. The predicted molar refractivity (Wildman–Crippen MR) is 112 cm³/mol. The SMILES string of the molecule is C=CCCCCOCCCOCCOc1ccc(NC(=O)OC(C)(C)C)cc1. The molecule has 1 aromatic carbocycles. The zero-order chi connectivity index (χ0) is 20.7. The molecule has 0 aliphatic heterocycles. The van der Waals surface area contributed by atoms with E-state index in [-0.39, 0.29) is 0 Å². The van der Waals surface area contributed by atoms with Crippen molar-refractivity contribution in [3.05, 3.63) is 36.9 Å². The van der Waals surface area contributed by atoms with Gasteiger partial charge in [0.05, 0.1) is 6.61 Å². The Morgan fingerprint density at radius 3 is 2.25 bits per heavy atom. The molecule has 1 amide bonds. The topological polar surface area (TPSA) is 66.0 Å². The third kappa shape index (κ3) is 13.2. The van der Waals surface area contributed by atoms with E-state index < -0.39 is 11.7 Å². The lowest BCUT2D eigenvalue weighted by Crippen LogP contribution is -2.27. The van der Waals surface area contributed by atoms with Gasteiger partial charge in [0.15, 0.2) is 0 Å². The summed E-state index contributed by atoms with van der Waals surface area (Å²) in [7, 11) is 0. The Hall–Kier alpha value is -2.05. The molecule has 0 heterocycles. The van der Waals surface area contributed by atoms with Gasteiger partial charge >= 0.3 is 6.09 Å². The molecule has 0 unspecified atom stereocenters. The molecule has 0 saturated heterocycles. The Bertz CT molecular complexity index is 551. The smallest absolute Gasteiger partial charge is 0.412 e. The van der Waals surface area contributed by atoms with Gasteiger partial charge in [-0.1, -0.05) is 6.08 Å². The van der Waals surface area contributed by atoms with Crippen LogP contribution in [0.3, 0.4) is 0 Å². The van der Waals surface area contributed by atoms with Crippen LogP contribution in [0.5, 0.6) is 5.75 Å². The van der Waals surface area contributed by atoms with Crippen molar-refractivity contribution in [2.45, 2.75) is 52.1 Å². The number of benzene rings is 1. The van der Waals surface area contributed by atoms with E-state index in [1.807, 2.05) is 26.8 Å². The number of carbonyl (C=O) groups is 1. The highest BCUT2D eigenvalue weighted by molar-refractivity contribution is 5.84. The van der Waals surface area contributed by atoms with Crippen LogP contribution in [0, 0.1) is 0 Å². The molecule has 0 atom stereocenters. The first-order chi connectivity index (χ1) is 13.4. The third-order valence-corrected chi connectivity index (χ3v) is 3.52. The zero-order valence-electron chi connectivity index (χ0n) is 17.5. The number of anilines is 1. The Labute approximate surface area is 169 Å². The van der Waals surface area contributed by atoms with Gasteiger partial charge in [0.1, 0.15) is 18.0 Å². The predicted octanol–water partition coefficient (Wildman–Crippen LogP) is 5.19. The third-order valence-electron chi connectivity index (χ3n) is 3.52. The van der Waals surface area contributed by atoms with Crippen molar-refractivity contribution in [1.29, 1.82) is 0 Å². The average molecular weight is 394 g/mol. The monoisotopic (exact) mass is 393 g/mol. The van der Waals surface area contributed by atoms with E-state index in [2.05, 4.69) is 11.9 Å². The number of unbranched alkanes of at least 4 members (excludes halogenated alkanes) is 2. The fourth-order valence-electron chi connectivity index (χ4n) is 2.23. The van der Waals surface area contributed by atoms with Gasteiger partial charge in [0, 0.05) is 25.5 Å². The van der Waals surface area contributed by atoms with Crippen LogP contribution in [0.2, 0.25) is 0 Å². The van der Waals surface area contributed by atoms with Gasteiger partial charge in [0.2, 0.25) is 0 Å². The zero-order valence-corrected chi connectivity index (χ0v) is 17.5. The molecule has 0 spiro atoms. The summed E-state index contributed by atoms with van der Waals surface area (Å²) in [4.78, 5) is 11.7. The molecule has 158 valence electrons. The van der Waals surface area contributed by atoms with E-state index in [1.54, 1.807) is 24.3 Å². The molecule has 6 nitrogen and oxygen atoms in total. The van der Waals surface area contributed by atoms with Crippen LogP contribution in [0.4, 0.5) is 10.5 Å². The molecule has 0 saturated carbocycles. The molecule has 0 aromatic heterocycles. The molecule has 28 heavy (non-hydrogen) atoms. The molecule has 1 aromatic rings. The number of hydrogen-bond acceptors (Lipinski definition) is 5. The minimum absolute atomic E-state index is 0.473. The number of amides is 1. The summed E-state index contributed by atoms with van der Waals surface area (Å²) < 4.78 is 21.9. The van der Waals surface area contributed by atoms with Gasteiger partial charge in [-0.05, 0) is 70.7 Å². The quantitative estimate of drug-likeness (QED) is 0.348. The summed E-state index contributed by atoms with van der Waals surface area (Å²) in [6, 6.07) is 7.14. The van der Waals surface area contributed by atoms with Crippen molar-refractivity contribution in [3.63, 3.8) is 0 Å². The number of carbonyl (C=O) groups excluding carboxylic acids is 1. The van der Waals surface area contributed by atoms with Gasteiger partial charge in [-0.3, -0.25) is 5.32 Å². The van der Waals surface area contributed by atoms with Crippen LogP contribution in [-0.2, 0) is 14.2 Å². The highest BCUT2D eigenvalue weighted by atomic mass is 16.6. The van der Waals surface area contributed by atoms with Crippen molar-refractivity contribution in [1.82, 2.24) is 0 Å². The molecule has 0 bridgehead atoms. The summed E-state index contributed by atoms with van der Waals surface area (Å²) >= 11 is 0. The standard InChI is InChI=1S/C22H35NO5/c1-5-6-7-8-14-25-15-9-16-26-17-18-27-20-12-10-19(11-13-20)23-21(24)28-22(2,3)4/h5,10-13H,1,6-9,14-18H2,2-4H3,(H,23,24). The maximum atomic E-state index is 11.7. The average Bonchev–Trinajstić information content (AvgIpc) is 2.62. The summed E-state index contributed by atoms with van der Waals surface area (Å²) in [5, 5.41) is 2.68. The molecule has 0 radical (unpaired) electrons. The molecule has 0 aliphatic rings. The van der Waals surface area contributed by atoms with Gasteiger partial charge in [-0.15, -0.1) is 6.58 Å². The van der Waals surface area contributed by atoms with Crippen molar-refractivity contribution in [3.8, 4) is 5.75 Å². The summed E-state index contributed by atoms with van der Waals surface area (Å²) in [6.45, 7) is 12.4. The lowest BCUT2D eigenvalue weighted by molar-refractivity contribution is 0.0636. The highest BCUT2D eigenvalue weighted by Crippen LogP contribution is 2.17. The van der Waals surface area contributed by atoms with Crippen molar-refractivity contribution < 1.29 is 23.7 Å². The van der Waals surface area contributed by atoms with Crippen LogP contribution in [0.15, 0.2) is 36.9 Å². The Morgan fingerprint density at radius 2 is 1.61 bits per heavy atom. The first-order valence-corrected chi connectivity index (χ1v) is 9.90. The van der Waals surface area contributed by atoms with Gasteiger partial charge in [-0.2, -0.15) is 0 Å². The van der Waals surface area contributed by atoms with Crippen LogP contribution in [0.25, 0.3) is 0 Å². The van der Waals surface area contributed by atoms with Crippen LogP contribution in [-0.4, -0.2) is 44.7 Å². The number of ether oxygens (including phenoxy) is 4. The lowest BCUT2D eigenvalue weighted by Gasteiger charge is -2.19. The normalized spacial score (nSPS) is 11.1. The van der Waals surface area contributed by atoms with Crippen molar-refractivity contribution >= 4 is 11.8 Å². The van der Waals surface area contributed by atoms with Crippen molar-refractivity contribution in [2.75, 3.05) is 38.4 Å². The Balaban J connectivity index is 2.04. The minimum atomic E-state index is -0.523. The molecular weight excluding hydrogens is 358 g/mol. The largest absolute Gasteiger partial charge is 0.491 e. The molecule has 0 aliphatic carbocycles.